The maximum absolute atomic E-state index is 13.2. The van der Waals surface area contributed by atoms with Crippen molar-refractivity contribution in [2.24, 2.45) is 11.8 Å². The number of likely N-dealkylation sites (tertiary alicyclic amines) is 1. The second kappa shape index (κ2) is 8.15. The monoisotopic (exact) mass is 415 g/mol. The predicted octanol–water partition coefficient (Wildman–Crippen LogP) is 1.32. The topological polar surface area (TPSA) is 67.9 Å². The number of nitrogens with one attached hydrogen (secondary N) is 2. The molecule has 0 radical (unpaired) electrons. The molecule has 1 saturated carbocycles. The molecule has 2 amide bonds. The molecular weight excluding hydrogens is 385 g/mol. The Balaban J connectivity index is 1.17. The first-order valence-corrected chi connectivity index (χ1v) is 11.2. The van der Waals surface area contributed by atoms with Crippen LogP contribution in [0.1, 0.15) is 32.1 Å². The Morgan fingerprint density at radius 3 is 2.50 bits per heavy atom. The number of hydrazine groups is 1. The number of benzene rings is 1. The molecule has 0 bridgehead atoms. The zero-order valence-corrected chi connectivity index (χ0v) is 17.2. The standard InChI is InChI=1S/C22H30FN5O2/c23-16-5-7-17(8-6-16)26-9-11-27(12-10-26)22(30)15-13-20(29)28(14-15)21-18-3-1-2-4-19(18)24-25-21/h5-8,15,18-19,21,24-25H,1-4,9-14H2. The maximum Gasteiger partial charge on any atom is 0.228 e. The highest BCUT2D eigenvalue weighted by Crippen LogP contribution is 2.34. The summed E-state index contributed by atoms with van der Waals surface area (Å²) >= 11 is 0. The van der Waals surface area contributed by atoms with Crippen LogP contribution in [0, 0.1) is 17.7 Å². The molecule has 1 aromatic rings. The van der Waals surface area contributed by atoms with E-state index in [1.54, 1.807) is 12.1 Å². The van der Waals surface area contributed by atoms with Gasteiger partial charge in [-0.05, 0) is 37.1 Å². The molecule has 3 aliphatic heterocycles. The Bertz CT molecular complexity index is 795. The van der Waals surface area contributed by atoms with Crippen molar-refractivity contribution in [3.63, 3.8) is 0 Å². The van der Waals surface area contributed by atoms with Crippen LogP contribution in [0.15, 0.2) is 24.3 Å². The second-order valence-corrected chi connectivity index (χ2v) is 9.02. The summed E-state index contributed by atoms with van der Waals surface area (Å²) in [5.41, 5.74) is 7.68. The van der Waals surface area contributed by atoms with Crippen molar-refractivity contribution >= 4 is 17.5 Å². The van der Waals surface area contributed by atoms with Crippen LogP contribution in [-0.4, -0.2) is 66.5 Å². The summed E-state index contributed by atoms with van der Waals surface area (Å²) in [4.78, 5) is 31.8. The molecule has 30 heavy (non-hydrogen) atoms. The summed E-state index contributed by atoms with van der Waals surface area (Å²) < 4.78 is 13.2. The summed E-state index contributed by atoms with van der Waals surface area (Å²) in [6.45, 7) is 3.22. The number of carbonyl (C=O) groups excluding carboxylic acids is 2. The molecule has 4 unspecified atom stereocenters. The molecule has 3 saturated heterocycles. The smallest absolute Gasteiger partial charge is 0.228 e. The molecule has 4 atom stereocenters. The summed E-state index contributed by atoms with van der Waals surface area (Å²) in [7, 11) is 0. The van der Waals surface area contributed by atoms with Crippen LogP contribution in [0.5, 0.6) is 0 Å². The fourth-order valence-corrected chi connectivity index (χ4v) is 5.59. The van der Waals surface area contributed by atoms with Crippen molar-refractivity contribution in [3.05, 3.63) is 30.1 Å². The maximum atomic E-state index is 13.2. The van der Waals surface area contributed by atoms with Gasteiger partial charge in [-0.2, -0.15) is 0 Å². The summed E-state index contributed by atoms with van der Waals surface area (Å²) in [6.07, 6.45) is 5.05. The summed E-state index contributed by atoms with van der Waals surface area (Å²) in [6, 6.07) is 6.93. The van der Waals surface area contributed by atoms with Gasteiger partial charge in [-0.25, -0.2) is 9.82 Å². The Labute approximate surface area is 176 Å². The van der Waals surface area contributed by atoms with Crippen molar-refractivity contribution in [3.8, 4) is 0 Å². The van der Waals surface area contributed by atoms with E-state index >= 15 is 0 Å². The summed E-state index contributed by atoms with van der Waals surface area (Å²) in [5.74, 6) is 0.129. The molecule has 2 N–H and O–H groups in total. The minimum Gasteiger partial charge on any atom is -0.368 e. The van der Waals surface area contributed by atoms with Gasteiger partial charge in [-0.1, -0.05) is 12.8 Å². The van der Waals surface area contributed by atoms with E-state index in [2.05, 4.69) is 15.8 Å². The first kappa shape index (κ1) is 19.8. The number of piperazine rings is 1. The van der Waals surface area contributed by atoms with Crippen molar-refractivity contribution in [2.75, 3.05) is 37.6 Å². The van der Waals surface area contributed by atoms with Gasteiger partial charge in [-0.15, -0.1) is 0 Å². The quantitative estimate of drug-likeness (QED) is 0.779. The summed E-state index contributed by atoms with van der Waals surface area (Å²) in [5, 5.41) is 0. The molecule has 7 nitrogen and oxygen atoms in total. The van der Waals surface area contributed by atoms with Gasteiger partial charge in [-0.3, -0.25) is 15.0 Å². The highest BCUT2D eigenvalue weighted by molar-refractivity contribution is 5.89. The molecule has 8 heteroatoms. The highest BCUT2D eigenvalue weighted by atomic mass is 19.1. The van der Waals surface area contributed by atoms with Crippen molar-refractivity contribution < 1.29 is 14.0 Å². The van der Waals surface area contributed by atoms with Crippen molar-refractivity contribution in [1.82, 2.24) is 20.7 Å². The number of hydrogen-bond donors (Lipinski definition) is 2. The van der Waals surface area contributed by atoms with E-state index in [-0.39, 0.29) is 29.7 Å². The van der Waals surface area contributed by atoms with Crippen LogP contribution < -0.4 is 15.8 Å². The van der Waals surface area contributed by atoms with Crippen LogP contribution in [0.25, 0.3) is 0 Å². The van der Waals surface area contributed by atoms with Crippen molar-refractivity contribution in [2.45, 2.75) is 44.3 Å². The zero-order valence-electron chi connectivity index (χ0n) is 17.2. The van der Waals surface area contributed by atoms with Gasteiger partial charge in [0, 0.05) is 56.8 Å². The van der Waals surface area contributed by atoms with Crippen LogP contribution in [0.4, 0.5) is 10.1 Å². The third kappa shape index (κ3) is 3.67. The fourth-order valence-electron chi connectivity index (χ4n) is 5.59. The molecule has 5 rings (SSSR count). The molecule has 0 spiro atoms. The lowest BCUT2D eigenvalue weighted by atomic mass is 9.84. The number of carbonyl (C=O) groups is 2. The van der Waals surface area contributed by atoms with Gasteiger partial charge in [0.2, 0.25) is 11.8 Å². The van der Waals surface area contributed by atoms with E-state index in [9.17, 15) is 14.0 Å². The van der Waals surface area contributed by atoms with Gasteiger partial charge < -0.3 is 14.7 Å². The number of nitrogens with zero attached hydrogens (tertiary/aromatic N) is 3. The fraction of sp³-hybridized carbons (Fsp3) is 0.636. The molecule has 162 valence electrons. The third-order valence-electron chi connectivity index (χ3n) is 7.27. The normalized spacial score (nSPS) is 31.9. The Hall–Kier alpha value is -2.19. The van der Waals surface area contributed by atoms with Gasteiger partial charge in [0.15, 0.2) is 0 Å². The van der Waals surface area contributed by atoms with Gasteiger partial charge in [0.05, 0.1) is 12.1 Å². The highest BCUT2D eigenvalue weighted by Gasteiger charge is 2.46. The van der Waals surface area contributed by atoms with Crippen molar-refractivity contribution in [1.29, 1.82) is 0 Å². The lowest BCUT2D eigenvalue weighted by molar-refractivity contribution is -0.136. The largest absolute Gasteiger partial charge is 0.368 e. The Kier molecular flexibility index (Phi) is 5.37. The van der Waals surface area contributed by atoms with Gasteiger partial charge in [0.25, 0.3) is 0 Å². The van der Waals surface area contributed by atoms with Crippen LogP contribution in [-0.2, 0) is 9.59 Å². The lowest BCUT2D eigenvalue weighted by Crippen LogP contribution is -2.51. The average Bonchev–Trinajstić information content (AvgIpc) is 3.37. The number of anilines is 1. The SMILES string of the molecule is O=C(C1CC(=O)N(C2NNC3CCCCC32)C1)N1CCN(c2ccc(F)cc2)CC1. The predicted molar refractivity (Wildman–Crippen MR) is 111 cm³/mol. The average molecular weight is 416 g/mol. The molecule has 1 aliphatic carbocycles. The number of halogens is 1. The third-order valence-corrected chi connectivity index (χ3v) is 7.27. The molecule has 4 aliphatic rings. The van der Waals surface area contributed by atoms with Crippen LogP contribution in [0.2, 0.25) is 0 Å². The van der Waals surface area contributed by atoms with Crippen LogP contribution in [0.3, 0.4) is 0 Å². The molecule has 1 aromatic carbocycles. The number of hydrogen-bond acceptors (Lipinski definition) is 5. The zero-order chi connectivity index (χ0) is 20.7. The van der Waals surface area contributed by atoms with Crippen LogP contribution >= 0.6 is 0 Å². The Morgan fingerprint density at radius 1 is 1.00 bits per heavy atom. The lowest BCUT2D eigenvalue weighted by Gasteiger charge is -2.37. The van der Waals surface area contributed by atoms with Gasteiger partial charge in [0.1, 0.15) is 5.82 Å². The first-order chi connectivity index (χ1) is 14.6. The van der Waals surface area contributed by atoms with E-state index in [4.69, 9.17) is 0 Å². The molecule has 4 fully saturated rings. The molecule has 0 aromatic heterocycles. The van der Waals surface area contributed by atoms with E-state index in [0.717, 1.165) is 31.6 Å². The Morgan fingerprint density at radius 2 is 1.73 bits per heavy atom. The second-order valence-electron chi connectivity index (χ2n) is 9.02. The molecule has 3 heterocycles. The molecular formula is C22H30FN5O2. The number of amides is 2. The minimum atomic E-state index is -0.251. The van der Waals surface area contributed by atoms with E-state index in [1.807, 2.05) is 9.80 Å². The van der Waals surface area contributed by atoms with E-state index in [0.29, 0.717) is 38.0 Å². The first-order valence-electron chi connectivity index (χ1n) is 11.2. The van der Waals surface area contributed by atoms with Gasteiger partial charge >= 0.3 is 0 Å². The number of fused-ring (bicyclic) bond motifs is 1. The van der Waals surface area contributed by atoms with E-state index < -0.39 is 0 Å². The number of rotatable bonds is 3. The van der Waals surface area contributed by atoms with E-state index in [1.165, 1.54) is 25.0 Å². The minimum absolute atomic E-state index is 0.0101.